The fraction of sp³-hybridized carbons (Fsp3) is 0.231. The highest BCUT2D eigenvalue weighted by Crippen LogP contribution is 2.17. The van der Waals surface area contributed by atoms with Gasteiger partial charge >= 0.3 is 5.97 Å². The van der Waals surface area contributed by atoms with Gasteiger partial charge in [-0.1, -0.05) is 0 Å². The second-order valence-corrected chi connectivity index (χ2v) is 4.32. The Labute approximate surface area is 111 Å². The van der Waals surface area contributed by atoms with Gasteiger partial charge in [0.2, 0.25) is 0 Å². The van der Waals surface area contributed by atoms with Crippen LogP contribution in [0.3, 0.4) is 0 Å². The molecule has 0 aliphatic rings. The molecule has 19 heavy (non-hydrogen) atoms. The summed E-state index contributed by atoms with van der Waals surface area (Å²) >= 11 is 0. The van der Waals surface area contributed by atoms with E-state index in [2.05, 4.69) is 5.10 Å². The van der Waals surface area contributed by atoms with Crippen molar-refractivity contribution in [3.05, 3.63) is 41.2 Å². The molecule has 2 rings (SSSR count). The van der Waals surface area contributed by atoms with E-state index in [-0.39, 0.29) is 6.61 Å². The van der Waals surface area contributed by atoms with Crippen LogP contribution in [-0.2, 0) is 18.4 Å². The number of hydrogen-bond donors (Lipinski definition) is 2. The largest absolute Gasteiger partial charge is 0.456 e. The SMILES string of the molecule is Cc1cc(COC(=O)c2ccc(N)cc2N)n(C)n1. The van der Waals surface area contributed by atoms with Gasteiger partial charge in [-0.05, 0) is 31.2 Å². The molecule has 1 aromatic heterocycles. The first kappa shape index (κ1) is 12.9. The molecule has 6 heteroatoms. The predicted molar refractivity (Wildman–Crippen MR) is 72.3 cm³/mol. The summed E-state index contributed by atoms with van der Waals surface area (Å²) in [6.07, 6.45) is 0. The molecule has 0 aliphatic heterocycles. The summed E-state index contributed by atoms with van der Waals surface area (Å²) in [5, 5.41) is 4.18. The summed E-state index contributed by atoms with van der Waals surface area (Å²) in [6, 6.07) is 6.56. The highest BCUT2D eigenvalue weighted by Gasteiger charge is 2.12. The van der Waals surface area contributed by atoms with Crippen molar-refractivity contribution in [3.63, 3.8) is 0 Å². The molecule has 100 valence electrons. The van der Waals surface area contributed by atoms with Crippen LogP contribution < -0.4 is 11.5 Å². The number of rotatable bonds is 3. The fourth-order valence-electron chi connectivity index (χ4n) is 1.78. The highest BCUT2D eigenvalue weighted by molar-refractivity contribution is 5.95. The third kappa shape index (κ3) is 2.85. The van der Waals surface area contributed by atoms with Gasteiger partial charge in [-0.2, -0.15) is 5.10 Å². The number of nitrogens with zero attached hydrogens (tertiary/aromatic N) is 2. The lowest BCUT2D eigenvalue weighted by molar-refractivity contribution is 0.0465. The number of benzene rings is 1. The van der Waals surface area contributed by atoms with Crippen LogP contribution in [0, 0.1) is 6.92 Å². The van der Waals surface area contributed by atoms with E-state index in [9.17, 15) is 4.79 Å². The van der Waals surface area contributed by atoms with E-state index in [1.807, 2.05) is 13.0 Å². The van der Waals surface area contributed by atoms with E-state index in [1.165, 1.54) is 6.07 Å². The average Bonchev–Trinajstić information content (AvgIpc) is 2.65. The molecule has 0 radical (unpaired) electrons. The number of esters is 1. The van der Waals surface area contributed by atoms with Crippen molar-refractivity contribution in [1.29, 1.82) is 0 Å². The monoisotopic (exact) mass is 260 g/mol. The Balaban J connectivity index is 2.07. The Morgan fingerprint density at radius 3 is 2.68 bits per heavy atom. The molecule has 0 unspecified atom stereocenters. The summed E-state index contributed by atoms with van der Waals surface area (Å²) in [4.78, 5) is 11.9. The number of aryl methyl sites for hydroxylation is 2. The van der Waals surface area contributed by atoms with E-state index >= 15 is 0 Å². The zero-order chi connectivity index (χ0) is 14.0. The van der Waals surface area contributed by atoms with Gasteiger partial charge in [-0.15, -0.1) is 0 Å². The molecule has 0 saturated carbocycles. The zero-order valence-corrected chi connectivity index (χ0v) is 10.9. The number of ether oxygens (including phenoxy) is 1. The Kier molecular flexibility index (Phi) is 3.41. The Hall–Kier alpha value is -2.50. The van der Waals surface area contributed by atoms with Crippen molar-refractivity contribution >= 4 is 17.3 Å². The maximum absolute atomic E-state index is 11.9. The molecule has 0 saturated heterocycles. The summed E-state index contributed by atoms with van der Waals surface area (Å²) in [5.74, 6) is -0.476. The molecule has 6 nitrogen and oxygen atoms in total. The van der Waals surface area contributed by atoms with Gasteiger partial charge < -0.3 is 16.2 Å². The molecule has 0 amide bonds. The molecule has 2 aromatic rings. The van der Waals surface area contributed by atoms with Crippen LogP contribution in [0.15, 0.2) is 24.3 Å². The van der Waals surface area contributed by atoms with E-state index in [0.717, 1.165) is 11.4 Å². The van der Waals surface area contributed by atoms with Crippen molar-refractivity contribution in [1.82, 2.24) is 9.78 Å². The Morgan fingerprint density at radius 2 is 2.11 bits per heavy atom. The lowest BCUT2D eigenvalue weighted by Gasteiger charge is -2.07. The summed E-state index contributed by atoms with van der Waals surface area (Å²) in [6.45, 7) is 2.03. The minimum atomic E-state index is -0.476. The molecule has 0 fully saturated rings. The molecule has 1 heterocycles. The summed E-state index contributed by atoms with van der Waals surface area (Å²) in [7, 11) is 1.80. The molecule has 0 aliphatic carbocycles. The lowest BCUT2D eigenvalue weighted by Crippen LogP contribution is -2.10. The topological polar surface area (TPSA) is 96.2 Å². The quantitative estimate of drug-likeness (QED) is 0.639. The van der Waals surface area contributed by atoms with Crippen molar-refractivity contribution in [2.45, 2.75) is 13.5 Å². The van der Waals surface area contributed by atoms with Crippen LogP contribution in [0.25, 0.3) is 0 Å². The second-order valence-electron chi connectivity index (χ2n) is 4.32. The molecule has 0 spiro atoms. The Bertz CT molecular complexity index is 619. The predicted octanol–water partition coefficient (Wildman–Crippen LogP) is 1.25. The first-order valence-electron chi connectivity index (χ1n) is 5.79. The van der Waals surface area contributed by atoms with Gasteiger partial charge in [0, 0.05) is 18.4 Å². The summed E-state index contributed by atoms with van der Waals surface area (Å²) < 4.78 is 6.88. The average molecular weight is 260 g/mol. The number of carbonyl (C=O) groups is 1. The van der Waals surface area contributed by atoms with Gasteiger partial charge in [-0.3, -0.25) is 4.68 Å². The van der Waals surface area contributed by atoms with Crippen LogP contribution in [0.4, 0.5) is 11.4 Å². The van der Waals surface area contributed by atoms with Gasteiger partial charge in [0.15, 0.2) is 0 Å². The van der Waals surface area contributed by atoms with Crippen LogP contribution in [0.1, 0.15) is 21.7 Å². The van der Waals surface area contributed by atoms with Crippen LogP contribution in [-0.4, -0.2) is 15.7 Å². The van der Waals surface area contributed by atoms with E-state index in [0.29, 0.717) is 16.9 Å². The van der Waals surface area contributed by atoms with Gasteiger partial charge in [-0.25, -0.2) is 4.79 Å². The van der Waals surface area contributed by atoms with Crippen molar-refractivity contribution in [2.24, 2.45) is 7.05 Å². The van der Waals surface area contributed by atoms with E-state index in [4.69, 9.17) is 16.2 Å². The number of aromatic nitrogens is 2. The van der Waals surface area contributed by atoms with E-state index in [1.54, 1.807) is 23.9 Å². The standard InChI is InChI=1S/C13H16N4O2/c1-8-5-10(17(2)16-8)7-19-13(18)11-4-3-9(14)6-12(11)15/h3-6H,7,14-15H2,1-2H3. The van der Waals surface area contributed by atoms with Crippen molar-refractivity contribution in [2.75, 3.05) is 11.5 Å². The van der Waals surface area contributed by atoms with Crippen molar-refractivity contribution < 1.29 is 9.53 Å². The molecule has 1 aromatic carbocycles. The normalized spacial score (nSPS) is 10.4. The van der Waals surface area contributed by atoms with Crippen LogP contribution in [0.2, 0.25) is 0 Å². The molecular weight excluding hydrogens is 244 g/mol. The maximum atomic E-state index is 11.9. The minimum absolute atomic E-state index is 0.153. The van der Waals surface area contributed by atoms with Crippen LogP contribution >= 0.6 is 0 Å². The first-order chi connectivity index (χ1) is 8.97. The van der Waals surface area contributed by atoms with Gasteiger partial charge in [0.25, 0.3) is 0 Å². The van der Waals surface area contributed by atoms with Gasteiger partial charge in [0.1, 0.15) is 6.61 Å². The van der Waals surface area contributed by atoms with E-state index < -0.39 is 5.97 Å². The molecule has 0 atom stereocenters. The number of nitrogen functional groups attached to an aromatic ring is 2. The third-order valence-electron chi connectivity index (χ3n) is 2.75. The fourth-order valence-corrected chi connectivity index (χ4v) is 1.78. The zero-order valence-electron chi connectivity index (χ0n) is 10.9. The number of anilines is 2. The second kappa shape index (κ2) is 5.01. The summed E-state index contributed by atoms with van der Waals surface area (Å²) in [5.41, 5.74) is 14.1. The van der Waals surface area contributed by atoms with Crippen molar-refractivity contribution in [3.8, 4) is 0 Å². The lowest BCUT2D eigenvalue weighted by atomic mass is 10.1. The molecule has 4 N–H and O–H groups in total. The van der Waals surface area contributed by atoms with Gasteiger partial charge in [0.05, 0.1) is 17.0 Å². The number of carbonyl (C=O) groups excluding carboxylic acids is 1. The number of nitrogens with two attached hydrogens (primary N) is 2. The third-order valence-corrected chi connectivity index (χ3v) is 2.75. The minimum Gasteiger partial charge on any atom is -0.456 e. The van der Waals surface area contributed by atoms with Crippen LogP contribution in [0.5, 0.6) is 0 Å². The molecule has 0 bridgehead atoms. The number of hydrogen-bond acceptors (Lipinski definition) is 5. The highest BCUT2D eigenvalue weighted by atomic mass is 16.5. The molecular formula is C13H16N4O2. The first-order valence-corrected chi connectivity index (χ1v) is 5.79. The Morgan fingerprint density at radius 1 is 1.37 bits per heavy atom. The maximum Gasteiger partial charge on any atom is 0.340 e. The smallest absolute Gasteiger partial charge is 0.340 e.